The van der Waals surface area contributed by atoms with E-state index in [1.807, 2.05) is 16.8 Å². The van der Waals surface area contributed by atoms with Crippen LogP contribution >= 0.6 is 23.1 Å². The van der Waals surface area contributed by atoms with Crippen LogP contribution in [0.25, 0.3) is 17.1 Å². The smallest absolute Gasteiger partial charge is 0.258 e. The number of hydrogen-bond acceptors (Lipinski definition) is 8. The Hall–Kier alpha value is -2.65. The van der Waals surface area contributed by atoms with Crippen molar-refractivity contribution in [3.05, 3.63) is 52.5 Å². The predicted molar refractivity (Wildman–Crippen MR) is 119 cm³/mol. The zero-order valence-corrected chi connectivity index (χ0v) is 18.3. The number of benzene rings is 1. The van der Waals surface area contributed by atoms with Crippen molar-refractivity contribution in [3.8, 4) is 17.1 Å². The van der Waals surface area contributed by atoms with E-state index < -0.39 is 0 Å². The minimum atomic E-state index is 0.556. The highest BCUT2D eigenvalue weighted by Crippen LogP contribution is 2.30. The molecule has 4 aromatic rings. The molecular weight excluding hydrogens is 416 g/mol. The van der Waals surface area contributed by atoms with Crippen LogP contribution in [0.4, 0.5) is 5.95 Å². The number of thioether (sulfide) groups is 1. The van der Waals surface area contributed by atoms with E-state index >= 15 is 0 Å². The normalized spacial score (nSPS) is 14.4. The van der Waals surface area contributed by atoms with Gasteiger partial charge in [0.1, 0.15) is 0 Å². The van der Waals surface area contributed by atoms with E-state index in [2.05, 4.69) is 61.0 Å². The first kappa shape index (κ1) is 19.3. The van der Waals surface area contributed by atoms with Crippen LogP contribution in [-0.2, 0) is 5.75 Å². The fraction of sp³-hybridized carbons (Fsp3) is 0.333. The largest absolute Gasteiger partial charge is 0.341 e. The standard InChI is InChI=1S/C21H22N6OS2/c1-15-5-7-17(8-6-15)27-20(26-10-3-2-4-11-26)23-24-21(27)30-14-18-22-19(28-25-18)16-9-12-29-13-16/h5-9,12-13H,2-4,10-11,14H2,1H3. The Morgan fingerprint density at radius 2 is 1.90 bits per heavy atom. The summed E-state index contributed by atoms with van der Waals surface area (Å²) in [5, 5.41) is 18.0. The van der Waals surface area contributed by atoms with Crippen LogP contribution in [0.1, 0.15) is 30.7 Å². The molecule has 1 saturated heterocycles. The van der Waals surface area contributed by atoms with Crippen LogP contribution in [-0.4, -0.2) is 38.0 Å². The summed E-state index contributed by atoms with van der Waals surface area (Å²) in [4.78, 5) is 6.86. The molecule has 1 aliphatic heterocycles. The predicted octanol–water partition coefficient (Wildman–Crippen LogP) is 4.97. The molecule has 154 valence electrons. The molecule has 1 aromatic carbocycles. The summed E-state index contributed by atoms with van der Waals surface area (Å²) >= 11 is 3.19. The second-order valence-corrected chi connectivity index (χ2v) is 9.04. The lowest BCUT2D eigenvalue weighted by Gasteiger charge is -2.27. The van der Waals surface area contributed by atoms with Gasteiger partial charge in [0.15, 0.2) is 11.0 Å². The van der Waals surface area contributed by atoms with E-state index in [-0.39, 0.29) is 0 Å². The van der Waals surface area contributed by atoms with Gasteiger partial charge in [0.05, 0.1) is 17.0 Å². The molecule has 0 bridgehead atoms. The van der Waals surface area contributed by atoms with Crippen LogP contribution in [0.5, 0.6) is 0 Å². The van der Waals surface area contributed by atoms with Gasteiger partial charge in [-0.1, -0.05) is 34.6 Å². The van der Waals surface area contributed by atoms with Crippen molar-refractivity contribution < 1.29 is 4.52 Å². The van der Waals surface area contributed by atoms with Gasteiger partial charge in [-0.3, -0.25) is 4.57 Å². The Bertz CT molecular complexity index is 1100. The molecule has 0 saturated carbocycles. The van der Waals surface area contributed by atoms with Gasteiger partial charge in [-0.05, 0) is 49.8 Å². The maximum atomic E-state index is 5.41. The van der Waals surface area contributed by atoms with Crippen molar-refractivity contribution >= 4 is 29.0 Å². The molecule has 0 unspecified atom stereocenters. The number of nitrogens with zero attached hydrogens (tertiary/aromatic N) is 6. The molecular formula is C21H22N6OS2. The molecule has 30 heavy (non-hydrogen) atoms. The summed E-state index contributed by atoms with van der Waals surface area (Å²) in [6.07, 6.45) is 3.66. The number of hydrogen-bond donors (Lipinski definition) is 0. The third-order valence-electron chi connectivity index (χ3n) is 5.11. The van der Waals surface area contributed by atoms with E-state index in [4.69, 9.17) is 4.52 Å². The van der Waals surface area contributed by atoms with Crippen molar-refractivity contribution in [2.75, 3.05) is 18.0 Å². The minimum absolute atomic E-state index is 0.556. The zero-order valence-electron chi connectivity index (χ0n) is 16.7. The van der Waals surface area contributed by atoms with Gasteiger partial charge in [0.25, 0.3) is 5.89 Å². The van der Waals surface area contributed by atoms with Gasteiger partial charge in [0.2, 0.25) is 5.95 Å². The fourth-order valence-electron chi connectivity index (χ4n) is 3.52. The average molecular weight is 439 g/mol. The Morgan fingerprint density at radius 1 is 1.07 bits per heavy atom. The highest BCUT2D eigenvalue weighted by atomic mass is 32.2. The quantitative estimate of drug-likeness (QED) is 0.394. The summed E-state index contributed by atoms with van der Waals surface area (Å²) in [6.45, 7) is 4.13. The molecule has 1 fully saturated rings. The average Bonchev–Trinajstić information content (AvgIpc) is 3.53. The van der Waals surface area contributed by atoms with Crippen molar-refractivity contribution in [1.82, 2.24) is 24.9 Å². The summed E-state index contributed by atoms with van der Waals surface area (Å²) in [7, 11) is 0. The van der Waals surface area contributed by atoms with Crippen molar-refractivity contribution in [2.24, 2.45) is 0 Å². The first-order chi connectivity index (χ1) is 14.8. The minimum Gasteiger partial charge on any atom is -0.341 e. The first-order valence-corrected chi connectivity index (χ1v) is 12.0. The monoisotopic (exact) mass is 438 g/mol. The van der Waals surface area contributed by atoms with Gasteiger partial charge >= 0.3 is 0 Å². The molecule has 7 nitrogen and oxygen atoms in total. The van der Waals surface area contributed by atoms with E-state index in [1.165, 1.54) is 24.8 Å². The van der Waals surface area contributed by atoms with Crippen molar-refractivity contribution in [2.45, 2.75) is 37.1 Å². The number of rotatable bonds is 6. The van der Waals surface area contributed by atoms with Crippen molar-refractivity contribution in [3.63, 3.8) is 0 Å². The third-order valence-corrected chi connectivity index (χ3v) is 6.72. The molecule has 0 aliphatic carbocycles. The number of aryl methyl sites for hydroxylation is 1. The number of piperidine rings is 1. The number of anilines is 1. The molecule has 0 radical (unpaired) electrons. The molecule has 0 N–H and O–H groups in total. The lowest BCUT2D eigenvalue weighted by Crippen LogP contribution is -2.31. The zero-order chi connectivity index (χ0) is 20.3. The van der Waals surface area contributed by atoms with E-state index in [0.717, 1.165) is 35.4 Å². The Labute approximate surface area is 183 Å². The lowest BCUT2D eigenvalue weighted by molar-refractivity contribution is 0.425. The Morgan fingerprint density at radius 3 is 2.67 bits per heavy atom. The lowest BCUT2D eigenvalue weighted by atomic mass is 10.1. The molecule has 3 aromatic heterocycles. The van der Waals surface area contributed by atoms with Crippen LogP contribution in [0.2, 0.25) is 0 Å². The molecule has 4 heterocycles. The molecule has 0 spiro atoms. The van der Waals surface area contributed by atoms with Crippen LogP contribution < -0.4 is 4.90 Å². The topological polar surface area (TPSA) is 72.9 Å². The Kier molecular flexibility index (Phi) is 5.54. The van der Waals surface area contributed by atoms with Gasteiger partial charge in [0, 0.05) is 18.5 Å². The summed E-state index contributed by atoms with van der Waals surface area (Å²) in [5.74, 6) is 2.69. The summed E-state index contributed by atoms with van der Waals surface area (Å²) in [6, 6.07) is 10.5. The molecule has 5 rings (SSSR count). The first-order valence-electron chi connectivity index (χ1n) is 10.0. The summed E-state index contributed by atoms with van der Waals surface area (Å²) in [5.41, 5.74) is 3.26. The number of thiophene rings is 1. The molecule has 1 aliphatic rings. The van der Waals surface area contributed by atoms with Crippen LogP contribution in [0.15, 0.2) is 50.8 Å². The maximum Gasteiger partial charge on any atom is 0.258 e. The highest BCUT2D eigenvalue weighted by molar-refractivity contribution is 7.98. The van der Waals surface area contributed by atoms with Gasteiger partial charge < -0.3 is 9.42 Å². The second kappa shape index (κ2) is 8.61. The fourth-order valence-corrected chi connectivity index (χ4v) is 4.94. The number of aromatic nitrogens is 5. The van der Waals surface area contributed by atoms with E-state index in [9.17, 15) is 0 Å². The highest BCUT2D eigenvalue weighted by Gasteiger charge is 2.22. The third kappa shape index (κ3) is 3.99. The summed E-state index contributed by atoms with van der Waals surface area (Å²) < 4.78 is 7.56. The Balaban J connectivity index is 1.41. The molecule has 9 heteroatoms. The van der Waals surface area contributed by atoms with Crippen molar-refractivity contribution in [1.29, 1.82) is 0 Å². The van der Waals surface area contributed by atoms with Gasteiger partial charge in [-0.25, -0.2) is 0 Å². The van der Waals surface area contributed by atoms with Crippen LogP contribution in [0.3, 0.4) is 0 Å². The van der Waals surface area contributed by atoms with E-state index in [1.54, 1.807) is 23.1 Å². The SMILES string of the molecule is Cc1ccc(-n2c(SCc3noc(-c4ccsc4)n3)nnc2N2CCCCC2)cc1. The van der Waals surface area contributed by atoms with Gasteiger partial charge in [-0.2, -0.15) is 16.3 Å². The maximum absolute atomic E-state index is 5.41. The second-order valence-electron chi connectivity index (χ2n) is 7.32. The van der Waals surface area contributed by atoms with Crippen LogP contribution in [0, 0.1) is 6.92 Å². The molecule has 0 amide bonds. The van der Waals surface area contributed by atoms with Gasteiger partial charge in [-0.15, -0.1) is 10.2 Å². The molecule has 0 atom stereocenters. The van der Waals surface area contributed by atoms with E-state index in [0.29, 0.717) is 17.5 Å².